The van der Waals surface area contributed by atoms with E-state index in [-0.39, 0.29) is 5.41 Å². The van der Waals surface area contributed by atoms with Gasteiger partial charge in [0.15, 0.2) is 0 Å². The Labute approximate surface area is 127 Å². The van der Waals surface area contributed by atoms with Crippen molar-refractivity contribution in [3.8, 4) is 0 Å². The zero-order valence-electron chi connectivity index (χ0n) is 11.7. The van der Waals surface area contributed by atoms with Crippen molar-refractivity contribution < 1.29 is 0 Å². The molecule has 0 saturated heterocycles. The average molecular weight is 339 g/mol. The second kappa shape index (κ2) is 5.63. The van der Waals surface area contributed by atoms with Gasteiger partial charge < -0.3 is 5.32 Å². The smallest absolute Gasteiger partial charge is 0.0981 e. The van der Waals surface area contributed by atoms with Crippen molar-refractivity contribution in [1.29, 1.82) is 0 Å². The Hall–Kier alpha value is -0.870. The van der Waals surface area contributed by atoms with Gasteiger partial charge in [-0.2, -0.15) is 0 Å². The normalized spacial score (nSPS) is 11.6. The maximum Gasteiger partial charge on any atom is 0.0981 e. The summed E-state index contributed by atoms with van der Waals surface area (Å²) in [7, 11) is 0. The van der Waals surface area contributed by atoms with Gasteiger partial charge in [0.05, 0.1) is 11.6 Å². The first kappa shape index (κ1) is 14.5. The van der Waals surface area contributed by atoms with Crippen LogP contribution in [0, 0.1) is 6.92 Å². The molecule has 1 heterocycles. The highest BCUT2D eigenvalue weighted by atomic mass is 79.9. The first-order chi connectivity index (χ1) is 8.84. The van der Waals surface area contributed by atoms with E-state index in [1.807, 2.05) is 6.20 Å². The van der Waals surface area contributed by atoms with Crippen LogP contribution in [0.1, 0.15) is 36.2 Å². The van der Waals surface area contributed by atoms with Crippen LogP contribution in [0.15, 0.2) is 28.9 Å². The van der Waals surface area contributed by atoms with Crippen LogP contribution >= 0.6 is 27.3 Å². The molecular weight excluding hydrogens is 320 g/mol. The summed E-state index contributed by atoms with van der Waals surface area (Å²) in [6.07, 6.45) is 1.98. The summed E-state index contributed by atoms with van der Waals surface area (Å²) in [6.45, 7) is 9.51. The third-order valence-corrected chi connectivity index (χ3v) is 4.58. The SMILES string of the molecule is Cc1cc(Br)cc(NCc2cnc(C(C)(C)C)s2)c1. The van der Waals surface area contributed by atoms with E-state index in [9.17, 15) is 0 Å². The molecule has 2 nitrogen and oxygen atoms in total. The van der Waals surface area contributed by atoms with Crippen LogP contribution in [0.3, 0.4) is 0 Å². The van der Waals surface area contributed by atoms with E-state index < -0.39 is 0 Å². The molecule has 102 valence electrons. The van der Waals surface area contributed by atoms with Crippen LogP contribution in [-0.4, -0.2) is 4.98 Å². The molecule has 19 heavy (non-hydrogen) atoms. The number of aryl methyl sites for hydroxylation is 1. The van der Waals surface area contributed by atoms with E-state index in [0.29, 0.717) is 0 Å². The monoisotopic (exact) mass is 338 g/mol. The molecule has 0 atom stereocenters. The number of nitrogens with zero attached hydrogens (tertiary/aromatic N) is 1. The number of hydrogen-bond acceptors (Lipinski definition) is 3. The van der Waals surface area contributed by atoms with Gasteiger partial charge in [-0.15, -0.1) is 11.3 Å². The highest BCUT2D eigenvalue weighted by molar-refractivity contribution is 9.10. The molecule has 1 aromatic heterocycles. The predicted molar refractivity (Wildman–Crippen MR) is 87.0 cm³/mol. The molecule has 1 N–H and O–H groups in total. The van der Waals surface area contributed by atoms with Crippen LogP contribution in [-0.2, 0) is 12.0 Å². The van der Waals surface area contributed by atoms with Gasteiger partial charge in [0, 0.05) is 26.6 Å². The zero-order valence-corrected chi connectivity index (χ0v) is 14.2. The lowest BCUT2D eigenvalue weighted by Gasteiger charge is -2.13. The van der Waals surface area contributed by atoms with E-state index in [1.54, 1.807) is 11.3 Å². The molecule has 0 amide bonds. The molecule has 0 fully saturated rings. The molecule has 0 aliphatic rings. The molecule has 0 unspecified atom stereocenters. The van der Waals surface area contributed by atoms with E-state index in [4.69, 9.17) is 0 Å². The number of rotatable bonds is 3. The van der Waals surface area contributed by atoms with Crippen molar-refractivity contribution in [2.75, 3.05) is 5.32 Å². The van der Waals surface area contributed by atoms with E-state index in [0.717, 1.165) is 16.7 Å². The van der Waals surface area contributed by atoms with Crippen molar-refractivity contribution in [2.45, 2.75) is 39.7 Å². The van der Waals surface area contributed by atoms with Crippen LogP contribution in [0.4, 0.5) is 5.69 Å². The quantitative estimate of drug-likeness (QED) is 0.839. The minimum Gasteiger partial charge on any atom is -0.380 e. The van der Waals surface area contributed by atoms with E-state index in [2.05, 4.69) is 72.1 Å². The van der Waals surface area contributed by atoms with Crippen LogP contribution in [0.25, 0.3) is 0 Å². The highest BCUT2D eigenvalue weighted by Crippen LogP contribution is 2.27. The number of anilines is 1. The van der Waals surface area contributed by atoms with Gasteiger partial charge in [-0.1, -0.05) is 36.7 Å². The largest absolute Gasteiger partial charge is 0.380 e. The Morgan fingerprint density at radius 3 is 2.58 bits per heavy atom. The number of aromatic nitrogens is 1. The minimum atomic E-state index is 0.134. The summed E-state index contributed by atoms with van der Waals surface area (Å²) in [6, 6.07) is 6.35. The molecule has 1 aromatic carbocycles. The first-order valence-corrected chi connectivity index (χ1v) is 7.92. The number of hydrogen-bond donors (Lipinski definition) is 1. The van der Waals surface area contributed by atoms with Gasteiger partial charge in [-0.3, -0.25) is 0 Å². The lowest BCUT2D eigenvalue weighted by atomic mass is 9.98. The van der Waals surface area contributed by atoms with E-state index >= 15 is 0 Å². The molecule has 0 spiro atoms. The van der Waals surface area contributed by atoms with Crippen molar-refractivity contribution in [1.82, 2.24) is 4.98 Å². The summed E-state index contributed by atoms with van der Waals surface area (Å²) in [4.78, 5) is 5.77. The number of nitrogens with one attached hydrogen (secondary N) is 1. The average Bonchev–Trinajstić information content (AvgIpc) is 2.73. The molecule has 0 radical (unpaired) electrons. The lowest BCUT2D eigenvalue weighted by Crippen LogP contribution is -2.09. The Morgan fingerprint density at radius 2 is 2.00 bits per heavy atom. The summed E-state index contributed by atoms with van der Waals surface area (Å²) in [5.41, 5.74) is 2.52. The van der Waals surface area contributed by atoms with Gasteiger partial charge in [-0.05, 0) is 30.7 Å². The fourth-order valence-corrected chi connectivity index (χ4v) is 3.28. The van der Waals surface area contributed by atoms with Crippen molar-refractivity contribution in [2.24, 2.45) is 0 Å². The molecule has 0 aliphatic carbocycles. The first-order valence-electron chi connectivity index (χ1n) is 6.31. The van der Waals surface area contributed by atoms with Gasteiger partial charge in [0.25, 0.3) is 0 Å². The topological polar surface area (TPSA) is 24.9 Å². The van der Waals surface area contributed by atoms with Crippen LogP contribution < -0.4 is 5.32 Å². The van der Waals surface area contributed by atoms with Crippen molar-refractivity contribution >= 4 is 33.0 Å². The van der Waals surface area contributed by atoms with Gasteiger partial charge in [0.2, 0.25) is 0 Å². The molecule has 0 bridgehead atoms. The van der Waals surface area contributed by atoms with Crippen molar-refractivity contribution in [3.05, 3.63) is 44.3 Å². The molecule has 2 aromatic rings. The van der Waals surface area contributed by atoms with Gasteiger partial charge in [-0.25, -0.2) is 4.98 Å². The highest BCUT2D eigenvalue weighted by Gasteiger charge is 2.17. The molecule has 0 saturated carbocycles. The summed E-state index contributed by atoms with van der Waals surface area (Å²) in [5, 5.41) is 4.64. The van der Waals surface area contributed by atoms with Crippen LogP contribution in [0.5, 0.6) is 0 Å². The number of thiazole rings is 1. The third-order valence-electron chi connectivity index (χ3n) is 2.70. The Balaban J connectivity index is 2.04. The maximum absolute atomic E-state index is 4.50. The second-order valence-corrected chi connectivity index (χ2v) is 7.78. The Kier molecular flexibility index (Phi) is 4.31. The van der Waals surface area contributed by atoms with E-state index in [1.165, 1.54) is 15.4 Å². The molecular formula is C15H19BrN2S. The number of benzene rings is 1. The van der Waals surface area contributed by atoms with Crippen LogP contribution in [0.2, 0.25) is 0 Å². The summed E-state index contributed by atoms with van der Waals surface area (Å²) < 4.78 is 1.11. The molecule has 2 rings (SSSR count). The summed E-state index contributed by atoms with van der Waals surface area (Å²) >= 11 is 5.30. The third kappa shape index (κ3) is 4.05. The van der Waals surface area contributed by atoms with Gasteiger partial charge >= 0.3 is 0 Å². The van der Waals surface area contributed by atoms with Gasteiger partial charge in [0.1, 0.15) is 0 Å². The Morgan fingerprint density at radius 1 is 1.26 bits per heavy atom. The fourth-order valence-electron chi connectivity index (χ4n) is 1.76. The summed E-state index contributed by atoms with van der Waals surface area (Å²) in [5.74, 6) is 0. The molecule has 4 heteroatoms. The molecule has 0 aliphatic heterocycles. The lowest BCUT2D eigenvalue weighted by molar-refractivity contribution is 0.585. The number of halogens is 1. The van der Waals surface area contributed by atoms with Crippen molar-refractivity contribution in [3.63, 3.8) is 0 Å². The second-order valence-electron chi connectivity index (χ2n) is 5.75. The fraction of sp³-hybridized carbons (Fsp3) is 0.400. The Bertz CT molecular complexity index is 550. The maximum atomic E-state index is 4.50. The minimum absolute atomic E-state index is 0.134. The standard InChI is InChI=1S/C15H19BrN2S/c1-10-5-11(16)7-12(6-10)17-8-13-9-18-14(19-13)15(2,3)4/h5-7,9,17H,8H2,1-4H3. The predicted octanol–water partition coefficient (Wildman–Crippen LogP) is 5.12. The zero-order chi connectivity index (χ0) is 14.0.